The van der Waals surface area contributed by atoms with Gasteiger partial charge in [-0.05, 0) is 85.9 Å². The molecule has 0 amide bonds. The van der Waals surface area contributed by atoms with Crippen LogP contribution in [0.5, 0.6) is 0 Å². The van der Waals surface area contributed by atoms with Crippen LogP contribution < -0.4 is 0 Å². The maximum absolute atomic E-state index is 9.28. The lowest BCUT2D eigenvalue weighted by atomic mass is 9.45. The molecule has 0 saturated heterocycles. The Hall–Kier alpha value is -0.120. The first-order chi connectivity index (χ1) is 10.9. The number of hydrogen-bond donors (Lipinski definition) is 2. The van der Waals surface area contributed by atoms with Crippen molar-refractivity contribution in [2.24, 2.45) is 34.5 Å². The molecule has 4 rings (SSSR count). The highest BCUT2D eigenvalue weighted by atomic mass is 16.7. The maximum atomic E-state index is 9.28. The fraction of sp³-hybridized carbons (Fsp3) is 1.00. The smallest absolute Gasteiger partial charge is 0.266 e. The van der Waals surface area contributed by atoms with E-state index in [9.17, 15) is 10.2 Å². The molecule has 0 heterocycles. The molecule has 0 radical (unpaired) electrons. The molecule has 4 aliphatic carbocycles. The fourth-order valence-corrected chi connectivity index (χ4v) is 7.62. The van der Waals surface area contributed by atoms with Crippen LogP contribution in [-0.2, 0) is 4.74 Å². The Morgan fingerprint density at radius 3 is 2.39 bits per heavy atom. The van der Waals surface area contributed by atoms with Gasteiger partial charge in [0.1, 0.15) is 0 Å². The van der Waals surface area contributed by atoms with E-state index >= 15 is 0 Å². The van der Waals surface area contributed by atoms with Crippen molar-refractivity contribution in [1.82, 2.24) is 0 Å². The molecule has 132 valence electrons. The summed E-state index contributed by atoms with van der Waals surface area (Å²) in [7, 11) is 0. The van der Waals surface area contributed by atoms with Gasteiger partial charge in [-0.15, -0.1) is 0 Å². The van der Waals surface area contributed by atoms with E-state index in [2.05, 4.69) is 13.8 Å². The third-order valence-electron chi connectivity index (χ3n) is 8.78. The van der Waals surface area contributed by atoms with Crippen LogP contribution in [-0.4, -0.2) is 22.8 Å². The van der Waals surface area contributed by atoms with Gasteiger partial charge < -0.3 is 14.9 Å². The van der Waals surface area contributed by atoms with Gasteiger partial charge in [0.15, 0.2) is 0 Å². The van der Waals surface area contributed by atoms with Crippen LogP contribution in [0.4, 0.5) is 0 Å². The number of aliphatic hydroxyl groups is 2. The fourth-order valence-electron chi connectivity index (χ4n) is 7.62. The Morgan fingerprint density at radius 2 is 1.61 bits per heavy atom. The number of ether oxygens (including phenoxy) is 1. The summed E-state index contributed by atoms with van der Waals surface area (Å²) < 4.78 is 5.51. The van der Waals surface area contributed by atoms with E-state index in [1.807, 2.05) is 0 Å². The van der Waals surface area contributed by atoms with Crippen molar-refractivity contribution in [2.45, 2.75) is 90.6 Å². The second kappa shape index (κ2) is 5.71. The van der Waals surface area contributed by atoms with E-state index in [0.29, 0.717) is 5.41 Å². The zero-order valence-electron chi connectivity index (χ0n) is 14.8. The average molecular weight is 322 g/mol. The van der Waals surface area contributed by atoms with Crippen molar-refractivity contribution in [3.05, 3.63) is 0 Å². The summed E-state index contributed by atoms with van der Waals surface area (Å²) in [6, 6.07) is 0. The van der Waals surface area contributed by atoms with E-state index < -0.39 is 6.48 Å². The van der Waals surface area contributed by atoms with Gasteiger partial charge in [-0.25, -0.2) is 0 Å². The monoisotopic (exact) mass is 322 g/mol. The van der Waals surface area contributed by atoms with Crippen LogP contribution in [0.3, 0.4) is 0 Å². The number of aliphatic hydroxyl groups excluding tert-OH is 1. The van der Waals surface area contributed by atoms with E-state index in [-0.39, 0.29) is 11.5 Å². The van der Waals surface area contributed by atoms with Gasteiger partial charge in [-0.2, -0.15) is 0 Å². The minimum absolute atomic E-state index is 0.0327. The molecule has 2 unspecified atom stereocenters. The first-order valence-electron chi connectivity index (χ1n) is 9.97. The Morgan fingerprint density at radius 1 is 0.826 bits per heavy atom. The molecule has 7 atom stereocenters. The van der Waals surface area contributed by atoms with Crippen molar-refractivity contribution in [3.8, 4) is 0 Å². The van der Waals surface area contributed by atoms with E-state index in [0.717, 1.165) is 30.1 Å². The molecular weight excluding hydrogens is 288 g/mol. The quantitative estimate of drug-likeness (QED) is 0.753. The summed E-state index contributed by atoms with van der Waals surface area (Å²) in [5.41, 5.74) is 0.737. The number of hydrogen-bond acceptors (Lipinski definition) is 3. The second-order valence-corrected chi connectivity index (χ2v) is 9.48. The Labute approximate surface area is 140 Å². The van der Waals surface area contributed by atoms with Crippen molar-refractivity contribution in [2.75, 3.05) is 0 Å². The lowest BCUT2D eigenvalue weighted by Gasteiger charge is -2.60. The Bertz CT molecular complexity index is 450. The SMILES string of the molecule is C[C@]12CCCCC1CC[C@@H]1[C@H]2CC[C@]2(C)C(OC(O)O)CC[C@@H]12. The van der Waals surface area contributed by atoms with Gasteiger partial charge in [-0.1, -0.05) is 26.7 Å². The average Bonchev–Trinajstić information content (AvgIpc) is 2.83. The molecule has 4 fully saturated rings. The molecule has 0 bridgehead atoms. The zero-order valence-corrected chi connectivity index (χ0v) is 14.8. The van der Waals surface area contributed by atoms with Crippen molar-refractivity contribution < 1.29 is 14.9 Å². The lowest BCUT2D eigenvalue weighted by Crippen LogP contribution is -2.53. The van der Waals surface area contributed by atoms with E-state index in [1.54, 1.807) is 0 Å². The topological polar surface area (TPSA) is 49.7 Å². The van der Waals surface area contributed by atoms with Crippen molar-refractivity contribution in [3.63, 3.8) is 0 Å². The summed E-state index contributed by atoms with van der Waals surface area (Å²) in [6.07, 6.45) is 13.4. The Kier molecular flexibility index (Phi) is 4.06. The molecule has 4 aliphatic rings. The molecule has 3 nitrogen and oxygen atoms in total. The number of fused-ring (bicyclic) bond motifs is 5. The standard InChI is InChI=1S/C20H34O3/c1-19-11-4-3-5-13(19)6-7-14-15-8-9-17(23-18(21)22)20(15,2)12-10-16(14)19/h13-18,21-22H,3-12H2,1-2H3/t13?,14-,15-,16+,17?,19-,20-/m0/s1. The van der Waals surface area contributed by atoms with Crippen LogP contribution in [0, 0.1) is 34.5 Å². The molecule has 0 aliphatic heterocycles. The highest BCUT2D eigenvalue weighted by Gasteiger charge is 2.60. The van der Waals surface area contributed by atoms with Gasteiger partial charge in [0.05, 0.1) is 6.10 Å². The summed E-state index contributed by atoms with van der Waals surface area (Å²) in [5, 5.41) is 18.6. The largest absolute Gasteiger partial charge is 0.346 e. The highest BCUT2D eigenvalue weighted by molar-refractivity contribution is 5.09. The molecule has 3 heteroatoms. The summed E-state index contributed by atoms with van der Waals surface area (Å²) in [6.45, 7) is 3.36. The molecule has 0 spiro atoms. The van der Waals surface area contributed by atoms with Gasteiger partial charge in [0, 0.05) is 0 Å². The van der Waals surface area contributed by atoms with Gasteiger partial charge in [-0.3, -0.25) is 0 Å². The normalized spacial score (nSPS) is 52.8. The molecule has 23 heavy (non-hydrogen) atoms. The lowest BCUT2D eigenvalue weighted by molar-refractivity contribution is -0.275. The summed E-state index contributed by atoms with van der Waals surface area (Å²) in [5.74, 6) is 3.44. The van der Waals surface area contributed by atoms with Crippen LogP contribution in [0.1, 0.15) is 78.1 Å². The first-order valence-corrected chi connectivity index (χ1v) is 9.97. The van der Waals surface area contributed by atoms with Crippen LogP contribution >= 0.6 is 0 Å². The van der Waals surface area contributed by atoms with Gasteiger partial charge in [0.2, 0.25) is 0 Å². The van der Waals surface area contributed by atoms with Crippen molar-refractivity contribution in [1.29, 1.82) is 0 Å². The summed E-state index contributed by atoms with van der Waals surface area (Å²) >= 11 is 0. The minimum atomic E-state index is -1.61. The molecule has 0 aromatic rings. The van der Waals surface area contributed by atoms with Crippen molar-refractivity contribution >= 4 is 0 Å². The number of rotatable bonds is 2. The predicted molar refractivity (Wildman–Crippen MR) is 89.4 cm³/mol. The van der Waals surface area contributed by atoms with Crippen LogP contribution in [0.15, 0.2) is 0 Å². The molecule has 4 saturated carbocycles. The second-order valence-electron chi connectivity index (χ2n) is 9.48. The van der Waals surface area contributed by atoms with Crippen LogP contribution in [0.25, 0.3) is 0 Å². The maximum Gasteiger partial charge on any atom is 0.266 e. The first kappa shape index (κ1) is 16.4. The zero-order chi connectivity index (χ0) is 16.2. The van der Waals surface area contributed by atoms with Crippen LogP contribution in [0.2, 0.25) is 0 Å². The third-order valence-corrected chi connectivity index (χ3v) is 8.78. The molecular formula is C20H34O3. The molecule has 0 aromatic heterocycles. The predicted octanol–water partition coefficient (Wildman–Crippen LogP) is 4.07. The summed E-state index contributed by atoms with van der Waals surface area (Å²) in [4.78, 5) is 0. The third kappa shape index (κ3) is 2.41. The highest BCUT2D eigenvalue weighted by Crippen LogP contribution is 2.66. The van der Waals surface area contributed by atoms with Gasteiger partial charge in [0.25, 0.3) is 6.48 Å². The Balaban J connectivity index is 1.57. The van der Waals surface area contributed by atoms with E-state index in [4.69, 9.17) is 4.74 Å². The van der Waals surface area contributed by atoms with E-state index in [1.165, 1.54) is 57.8 Å². The minimum Gasteiger partial charge on any atom is -0.346 e. The van der Waals surface area contributed by atoms with Gasteiger partial charge >= 0.3 is 0 Å². The molecule has 2 N–H and O–H groups in total. The molecule has 0 aromatic carbocycles.